The Bertz CT molecular complexity index is 803. The van der Waals surface area contributed by atoms with Gasteiger partial charge in [-0.1, -0.05) is 44.2 Å². The summed E-state index contributed by atoms with van der Waals surface area (Å²) >= 11 is 0. The number of methoxy groups -OCH3 is 1. The standard InChI is InChI=1S/C21H24N2O5/c1-14(2)18(20(25)28-13-15-7-5-4-6-8-15)23-21(26)22-17-11-9-16(10-12-17)19(24)27-3/h4-12,14,18H,13H2,1-3H3,(H2,22,23,26)/t18-/m0/s1. The van der Waals surface area contributed by atoms with Crippen molar-refractivity contribution in [2.45, 2.75) is 26.5 Å². The summed E-state index contributed by atoms with van der Waals surface area (Å²) in [4.78, 5) is 36.1. The van der Waals surface area contributed by atoms with E-state index in [0.29, 0.717) is 11.3 Å². The van der Waals surface area contributed by atoms with E-state index in [-0.39, 0.29) is 12.5 Å². The molecule has 2 rings (SSSR count). The highest BCUT2D eigenvalue weighted by atomic mass is 16.5. The molecule has 0 aliphatic carbocycles. The molecule has 2 aromatic carbocycles. The molecule has 2 aromatic rings. The van der Waals surface area contributed by atoms with Gasteiger partial charge in [0, 0.05) is 5.69 Å². The third kappa shape index (κ3) is 6.12. The van der Waals surface area contributed by atoms with Gasteiger partial charge in [-0.15, -0.1) is 0 Å². The molecule has 148 valence electrons. The minimum atomic E-state index is -0.793. The highest BCUT2D eigenvalue weighted by molar-refractivity contribution is 5.94. The first-order valence-corrected chi connectivity index (χ1v) is 8.87. The number of anilines is 1. The summed E-state index contributed by atoms with van der Waals surface area (Å²) in [7, 11) is 1.30. The van der Waals surface area contributed by atoms with Gasteiger partial charge in [-0.2, -0.15) is 0 Å². The minimum absolute atomic E-state index is 0.140. The van der Waals surface area contributed by atoms with Gasteiger partial charge in [0.05, 0.1) is 12.7 Å². The first kappa shape index (κ1) is 21.0. The Labute approximate surface area is 164 Å². The maximum Gasteiger partial charge on any atom is 0.337 e. The van der Waals surface area contributed by atoms with Crippen molar-refractivity contribution in [3.63, 3.8) is 0 Å². The second-order valence-corrected chi connectivity index (χ2v) is 6.48. The molecule has 2 amide bonds. The number of benzene rings is 2. The van der Waals surface area contributed by atoms with Gasteiger partial charge < -0.3 is 20.1 Å². The Morgan fingerprint density at radius 1 is 0.964 bits per heavy atom. The zero-order valence-electron chi connectivity index (χ0n) is 16.1. The van der Waals surface area contributed by atoms with Gasteiger partial charge in [-0.3, -0.25) is 0 Å². The van der Waals surface area contributed by atoms with Gasteiger partial charge in [-0.05, 0) is 35.7 Å². The summed E-state index contributed by atoms with van der Waals surface area (Å²) in [5.74, 6) is -1.12. The number of amides is 2. The Balaban J connectivity index is 1.92. The smallest absolute Gasteiger partial charge is 0.337 e. The number of nitrogens with one attached hydrogen (secondary N) is 2. The van der Waals surface area contributed by atoms with Gasteiger partial charge >= 0.3 is 18.0 Å². The lowest BCUT2D eigenvalue weighted by Crippen LogP contribution is -2.47. The lowest BCUT2D eigenvalue weighted by molar-refractivity contribution is -0.148. The third-order valence-electron chi connectivity index (χ3n) is 3.99. The molecule has 0 aliphatic rings. The van der Waals surface area contributed by atoms with Crippen LogP contribution in [0.2, 0.25) is 0 Å². The predicted octanol–water partition coefficient (Wildman–Crippen LogP) is 3.36. The molecule has 2 N–H and O–H groups in total. The average Bonchev–Trinajstić information content (AvgIpc) is 2.70. The van der Waals surface area contributed by atoms with E-state index in [1.165, 1.54) is 19.2 Å². The van der Waals surface area contributed by atoms with Gasteiger partial charge in [0.15, 0.2) is 0 Å². The van der Waals surface area contributed by atoms with E-state index in [0.717, 1.165) is 5.56 Å². The van der Waals surface area contributed by atoms with Crippen LogP contribution in [-0.2, 0) is 20.9 Å². The van der Waals surface area contributed by atoms with Crippen molar-refractivity contribution in [2.75, 3.05) is 12.4 Å². The summed E-state index contributed by atoms with van der Waals surface area (Å²) in [5.41, 5.74) is 1.72. The van der Waals surface area contributed by atoms with E-state index in [1.807, 2.05) is 44.2 Å². The lowest BCUT2D eigenvalue weighted by Gasteiger charge is -2.21. The van der Waals surface area contributed by atoms with Crippen molar-refractivity contribution in [3.05, 3.63) is 65.7 Å². The topological polar surface area (TPSA) is 93.7 Å². The van der Waals surface area contributed by atoms with E-state index in [1.54, 1.807) is 12.1 Å². The summed E-state index contributed by atoms with van der Waals surface area (Å²) in [6, 6.07) is 14.2. The van der Waals surface area contributed by atoms with Crippen molar-refractivity contribution in [1.29, 1.82) is 0 Å². The van der Waals surface area contributed by atoms with Crippen LogP contribution in [0.25, 0.3) is 0 Å². The van der Waals surface area contributed by atoms with Crippen LogP contribution in [0.1, 0.15) is 29.8 Å². The van der Waals surface area contributed by atoms with Crippen molar-refractivity contribution in [2.24, 2.45) is 5.92 Å². The highest BCUT2D eigenvalue weighted by Gasteiger charge is 2.25. The molecule has 0 fully saturated rings. The fourth-order valence-electron chi connectivity index (χ4n) is 2.43. The lowest BCUT2D eigenvalue weighted by atomic mass is 10.1. The van der Waals surface area contributed by atoms with Crippen LogP contribution in [0, 0.1) is 5.92 Å². The number of hydrogen-bond donors (Lipinski definition) is 2. The number of ether oxygens (including phenoxy) is 2. The number of esters is 2. The van der Waals surface area contributed by atoms with Gasteiger partial charge in [0.1, 0.15) is 12.6 Å². The van der Waals surface area contributed by atoms with E-state index >= 15 is 0 Å². The molecule has 0 saturated carbocycles. The summed E-state index contributed by atoms with van der Waals surface area (Å²) in [6.45, 7) is 3.78. The molecule has 0 radical (unpaired) electrons. The van der Waals surface area contributed by atoms with Gasteiger partial charge in [0.25, 0.3) is 0 Å². The van der Waals surface area contributed by atoms with Gasteiger partial charge in [0.2, 0.25) is 0 Å². The second-order valence-electron chi connectivity index (χ2n) is 6.48. The fourth-order valence-corrected chi connectivity index (χ4v) is 2.43. The highest BCUT2D eigenvalue weighted by Crippen LogP contribution is 2.12. The Morgan fingerprint density at radius 2 is 1.61 bits per heavy atom. The molecule has 0 aromatic heterocycles. The number of hydrogen-bond acceptors (Lipinski definition) is 5. The number of carbonyl (C=O) groups excluding carboxylic acids is 3. The molecule has 0 saturated heterocycles. The van der Waals surface area contributed by atoms with Gasteiger partial charge in [-0.25, -0.2) is 14.4 Å². The van der Waals surface area contributed by atoms with E-state index in [9.17, 15) is 14.4 Å². The fraction of sp³-hybridized carbons (Fsp3) is 0.286. The summed E-state index contributed by atoms with van der Waals surface area (Å²) in [5, 5.41) is 5.26. The molecular weight excluding hydrogens is 360 g/mol. The Hall–Kier alpha value is -3.35. The normalized spacial score (nSPS) is 11.4. The van der Waals surface area contributed by atoms with Crippen molar-refractivity contribution >= 4 is 23.7 Å². The largest absolute Gasteiger partial charge is 0.465 e. The summed E-state index contributed by atoms with van der Waals surface area (Å²) < 4.78 is 9.95. The van der Waals surface area contributed by atoms with Crippen LogP contribution >= 0.6 is 0 Å². The molecular formula is C21H24N2O5. The Kier molecular flexibility index (Phi) is 7.56. The second kappa shape index (κ2) is 10.1. The van der Waals surface area contributed by atoms with Crippen LogP contribution < -0.4 is 10.6 Å². The molecule has 0 unspecified atom stereocenters. The third-order valence-corrected chi connectivity index (χ3v) is 3.99. The number of carbonyl (C=O) groups is 3. The molecule has 28 heavy (non-hydrogen) atoms. The maximum absolute atomic E-state index is 12.4. The van der Waals surface area contributed by atoms with Crippen molar-refractivity contribution in [1.82, 2.24) is 5.32 Å². The quantitative estimate of drug-likeness (QED) is 0.714. The maximum atomic E-state index is 12.4. The molecule has 0 heterocycles. The molecule has 7 nitrogen and oxygen atoms in total. The number of urea groups is 1. The first-order chi connectivity index (χ1) is 13.4. The number of rotatable bonds is 7. The van der Waals surface area contributed by atoms with E-state index < -0.39 is 24.0 Å². The first-order valence-electron chi connectivity index (χ1n) is 8.87. The minimum Gasteiger partial charge on any atom is -0.465 e. The zero-order valence-corrected chi connectivity index (χ0v) is 16.1. The van der Waals surface area contributed by atoms with E-state index in [4.69, 9.17) is 4.74 Å². The van der Waals surface area contributed by atoms with Crippen molar-refractivity contribution < 1.29 is 23.9 Å². The average molecular weight is 384 g/mol. The Morgan fingerprint density at radius 3 is 2.18 bits per heavy atom. The monoisotopic (exact) mass is 384 g/mol. The van der Waals surface area contributed by atoms with Crippen LogP contribution in [0.15, 0.2) is 54.6 Å². The predicted molar refractivity (Wildman–Crippen MR) is 105 cm³/mol. The van der Waals surface area contributed by atoms with Crippen molar-refractivity contribution in [3.8, 4) is 0 Å². The SMILES string of the molecule is COC(=O)c1ccc(NC(=O)N[C@H](C(=O)OCc2ccccc2)C(C)C)cc1. The molecule has 7 heteroatoms. The van der Waals surface area contributed by atoms with Crippen LogP contribution in [0.5, 0.6) is 0 Å². The zero-order chi connectivity index (χ0) is 20.5. The summed E-state index contributed by atoms with van der Waals surface area (Å²) in [6.07, 6.45) is 0. The van der Waals surface area contributed by atoms with E-state index in [2.05, 4.69) is 15.4 Å². The van der Waals surface area contributed by atoms with Crippen LogP contribution in [0.3, 0.4) is 0 Å². The molecule has 0 bridgehead atoms. The molecule has 1 atom stereocenters. The molecule has 0 spiro atoms. The van der Waals surface area contributed by atoms with Crippen LogP contribution in [0.4, 0.5) is 10.5 Å². The van der Waals surface area contributed by atoms with Crippen LogP contribution in [-0.4, -0.2) is 31.1 Å². The molecule has 0 aliphatic heterocycles.